The quantitative estimate of drug-likeness (QED) is 0.829. The molecule has 1 atom stereocenters. The molecule has 0 saturated carbocycles. The number of halogens is 1. The van der Waals surface area contributed by atoms with Crippen LogP contribution in [-0.2, 0) is 10.5 Å². The van der Waals surface area contributed by atoms with Crippen molar-refractivity contribution >= 4 is 23.2 Å². The molecule has 0 aliphatic carbocycles. The number of anilines is 1. The van der Waals surface area contributed by atoms with E-state index in [0.717, 1.165) is 37.9 Å². The van der Waals surface area contributed by atoms with Crippen LogP contribution in [0.5, 0.6) is 0 Å². The number of likely N-dealkylation sites (tertiary alicyclic amines) is 1. The molecule has 102 valence electrons. The predicted octanol–water partition coefficient (Wildman–Crippen LogP) is 2.23. The summed E-state index contributed by atoms with van der Waals surface area (Å²) in [6.45, 7) is 3.34. The summed E-state index contributed by atoms with van der Waals surface area (Å²) in [6, 6.07) is 3.49. The van der Waals surface area contributed by atoms with Crippen LogP contribution >= 0.6 is 11.6 Å². The van der Waals surface area contributed by atoms with E-state index in [2.05, 4.69) is 5.32 Å². The predicted molar refractivity (Wildman–Crippen MR) is 74.1 cm³/mol. The van der Waals surface area contributed by atoms with E-state index in [0.29, 0.717) is 16.3 Å². The van der Waals surface area contributed by atoms with Crippen molar-refractivity contribution in [3.63, 3.8) is 0 Å². The number of amides is 1. The molecule has 1 aromatic rings. The van der Waals surface area contributed by atoms with Crippen molar-refractivity contribution in [2.75, 3.05) is 18.4 Å². The largest absolute Gasteiger partial charge is 0.364 e. The van der Waals surface area contributed by atoms with E-state index < -0.39 is 5.72 Å². The third-order valence-corrected chi connectivity index (χ3v) is 4.26. The van der Waals surface area contributed by atoms with Crippen molar-refractivity contribution in [3.8, 4) is 0 Å². The zero-order chi connectivity index (χ0) is 13.6. The Balaban J connectivity index is 2.10. The summed E-state index contributed by atoms with van der Waals surface area (Å²) < 4.78 is 0. The van der Waals surface area contributed by atoms with Gasteiger partial charge in [-0.15, -0.1) is 0 Å². The summed E-state index contributed by atoms with van der Waals surface area (Å²) in [6.07, 6.45) is 3.16. The molecule has 2 aliphatic rings. The van der Waals surface area contributed by atoms with Crippen molar-refractivity contribution in [1.82, 2.24) is 4.90 Å². The van der Waals surface area contributed by atoms with Crippen LogP contribution in [0.15, 0.2) is 12.1 Å². The molecule has 1 saturated heterocycles. The topological polar surface area (TPSA) is 52.6 Å². The Hall–Kier alpha value is -1.10. The molecule has 4 nitrogen and oxygen atoms in total. The van der Waals surface area contributed by atoms with Crippen LogP contribution in [0.2, 0.25) is 5.02 Å². The lowest BCUT2D eigenvalue weighted by Crippen LogP contribution is -2.52. The summed E-state index contributed by atoms with van der Waals surface area (Å²) >= 11 is 6.07. The number of hydrogen-bond donors (Lipinski definition) is 2. The van der Waals surface area contributed by atoms with E-state index >= 15 is 0 Å². The van der Waals surface area contributed by atoms with Crippen LogP contribution < -0.4 is 5.32 Å². The molecule has 1 fully saturated rings. The van der Waals surface area contributed by atoms with Gasteiger partial charge in [-0.3, -0.25) is 9.69 Å². The molecular formula is C14H17ClN2O2. The van der Waals surface area contributed by atoms with E-state index in [1.165, 1.54) is 0 Å². The summed E-state index contributed by atoms with van der Waals surface area (Å²) in [5, 5.41) is 14.3. The molecule has 0 bridgehead atoms. The molecule has 19 heavy (non-hydrogen) atoms. The molecular weight excluding hydrogens is 264 g/mol. The first-order chi connectivity index (χ1) is 9.03. The van der Waals surface area contributed by atoms with Crippen molar-refractivity contribution in [1.29, 1.82) is 0 Å². The van der Waals surface area contributed by atoms with Crippen LogP contribution in [-0.4, -0.2) is 29.0 Å². The number of aliphatic hydroxyl groups is 1. The second-order valence-corrected chi connectivity index (χ2v) is 5.76. The van der Waals surface area contributed by atoms with Gasteiger partial charge in [0.25, 0.3) is 5.91 Å². The van der Waals surface area contributed by atoms with Gasteiger partial charge in [0.05, 0.1) is 5.69 Å². The molecule has 2 aliphatic heterocycles. The summed E-state index contributed by atoms with van der Waals surface area (Å²) in [4.78, 5) is 14.1. The molecule has 1 aromatic carbocycles. The first-order valence-corrected chi connectivity index (χ1v) is 7.01. The van der Waals surface area contributed by atoms with E-state index in [1.54, 1.807) is 12.1 Å². The maximum Gasteiger partial charge on any atom is 0.276 e. The fraction of sp³-hybridized carbons (Fsp3) is 0.500. The van der Waals surface area contributed by atoms with Gasteiger partial charge in [0, 0.05) is 23.7 Å². The van der Waals surface area contributed by atoms with Crippen molar-refractivity contribution < 1.29 is 9.90 Å². The molecule has 0 aromatic heterocycles. The monoisotopic (exact) mass is 280 g/mol. The summed E-state index contributed by atoms with van der Waals surface area (Å²) in [5.41, 5.74) is 0.599. The van der Waals surface area contributed by atoms with Crippen molar-refractivity contribution in [2.24, 2.45) is 0 Å². The molecule has 0 spiro atoms. The van der Waals surface area contributed by atoms with Gasteiger partial charge in [-0.25, -0.2) is 0 Å². The fourth-order valence-electron chi connectivity index (χ4n) is 3.04. The first kappa shape index (κ1) is 12.9. The summed E-state index contributed by atoms with van der Waals surface area (Å²) in [7, 11) is 0. The fourth-order valence-corrected chi connectivity index (χ4v) is 3.31. The maximum absolute atomic E-state index is 12.3. The minimum Gasteiger partial charge on any atom is -0.364 e. The number of carbonyl (C=O) groups excluding carboxylic acids is 1. The Morgan fingerprint density at radius 3 is 2.68 bits per heavy atom. The molecule has 3 rings (SSSR count). The zero-order valence-corrected chi connectivity index (χ0v) is 11.6. The second-order valence-electron chi connectivity index (χ2n) is 5.32. The molecule has 2 heterocycles. The Morgan fingerprint density at radius 2 is 2.00 bits per heavy atom. The maximum atomic E-state index is 12.3. The minimum absolute atomic E-state index is 0.366. The van der Waals surface area contributed by atoms with E-state index in [4.69, 9.17) is 11.6 Å². The number of rotatable bonds is 1. The lowest BCUT2D eigenvalue weighted by Gasteiger charge is -2.37. The number of fused-ring (bicyclic) bond motifs is 1. The van der Waals surface area contributed by atoms with Gasteiger partial charge in [0.15, 0.2) is 0 Å². The highest BCUT2D eigenvalue weighted by atomic mass is 35.5. The number of piperidine rings is 1. The number of carbonyl (C=O) groups is 1. The molecule has 2 N–H and O–H groups in total. The molecule has 1 unspecified atom stereocenters. The Morgan fingerprint density at radius 1 is 1.32 bits per heavy atom. The number of benzene rings is 1. The third kappa shape index (κ3) is 1.86. The molecule has 1 amide bonds. The van der Waals surface area contributed by atoms with Crippen LogP contribution in [0.1, 0.15) is 30.4 Å². The SMILES string of the molecule is Cc1cc(Cl)cc2c1NC(=O)C2(O)N1CCCCC1. The van der Waals surface area contributed by atoms with Gasteiger partial charge in [-0.05, 0) is 37.5 Å². The normalized spacial score (nSPS) is 27.2. The van der Waals surface area contributed by atoms with Crippen molar-refractivity contribution in [2.45, 2.75) is 31.9 Å². The number of nitrogens with one attached hydrogen (secondary N) is 1. The van der Waals surface area contributed by atoms with Gasteiger partial charge in [0.2, 0.25) is 5.72 Å². The van der Waals surface area contributed by atoms with Gasteiger partial charge in [-0.2, -0.15) is 0 Å². The van der Waals surface area contributed by atoms with E-state index in [-0.39, 0.29) is 5.91 Å². The smallest absolute Gasteiger partial charge is 0.276 e. The highest BCUT2D eigenvalue weighted by Crippen LogP contribution is 2.42. The van der Waals surface area contributed by atoms with E-state index in [9.17, 15) is 9.90 Å². The lowest BCUT2D eigenvalue weighted by molar-refractivity contribution is -0.161. The van der Waals surface area contributed by atoms with Gasteiger partial charge < -0.3 is 10.4 Å². The number of nitrogens with zero attached hydrogens (tertiary/aromatic N) is 1. The van der Waals surface area contributed by atoms with Gasteiger partial charge in [-0.1, -0.05) is 18.0 Å². The standard InChI is InChI=1S/C14H17ClN2O2/c1-9-7-10(15)8-11-12(9)16-13(18)14(11,19)17-5-3-2-4-6-17/h7-8,19H,2-6H2,1H3,(H,16,18). The number of aryl methyl sites for hydroxylation is 1. The molecule has 5 heteroatoms. The van der Waals surface area contributed by atoms with Crippen LogP contribution in [0, 0.1) is 6.92 Å². The van der Waals surface area contributed by atoms with Gasteiger partial charge >= 0.3 is 0 Å². The highest BCUT2D eigenvalue weighted by Gasteiger charge is 2.50. The first-order valence-electron chi connectivity index (χ1n) is 6.63. The molecule has 0 radical (unpaired) electrons. The average molecular weight is 281 g/mol. The van der Waals surface area contributed by atoms with E-state index in [1.807, 2.05) is 11.8 Å². The zero-order valence-electron chi connectivity index (χ0n) is 10.9. The van der Waals surface area contributed by atoms with Crippen LogP contribution in [0.25, 0.3) is 0 Å². The minimum atomic E-state index is -1.56. The van der Waals surface area contributed by atoms with Crippen molar-refractivity contribution in [3.05, 3.63) is 28.3 Å². The Bertz CT molecular complexity index is 540. The highest BCUT2D eigenvalue weighted by molar-refractivity contribution is 6.31. The third-order valence-electron chi connectivity index (χ3n) is 4.04. The van der Waals surface area contributed by atoms with Crippen LogP contribution in [0.4, 0.5) is 5.69 Å². The van der Waals surface area contributed by atoms with Crippen LogP contribution in [0.3, 0.4) is 0 Å². The Labute approximate surface area is 117 Å². The Kier molecular flexibility index (Phi) is 3.04. The lowest BCUT2D eigenvalue weighted by atomic mass is 9.97. The summed E-state index contributed by atoms with van der Waals surface area (Å²) in [5.74, 6) is -0.366. The number of hydrogen-bond acceptors (Lipinski definition) is 3. The average Bonchev–Trinajstić information content (AvgIpc) is 2.66. The second kappa shape index (κ2) is 4.47. The van der Waals surface area contributed by atoms with Gasteiger partial charge in [0.1, 0.15) is 0 Å².